The van der Waals surface area contributed by atoms with Crippen molar-refractivity contribution in [3.05, 3.63) is 63.1 Å². The summed E-state index contributed by atoms with van der Waals surface area (Å²) in [5.41, 5.74) is 2.52. The first-order chi connectivity index (χ1) is 9.69. The number of methoxy groups -OCH3 is 1. The van der Waals surface area contributed by atoms with Crippen LogP contribution in [0.1, 0.15) is 11.1 Å². The number of hydrogen-bond donors (Lipinski definition) is 1. The topological polar surface area (TPSA) is 25.8 Å². The van der Waals surface area contributed by atoms with E-state index in [2.05, 4.69) is 39.4 Å². The Hall–Kier alpha value is -1.03. The number of quaternary nitrogens is 1. The molecule has 0 saturated carbocycles. The highest BCUT2D eigenvalue weighted by atomic mass is 79.9. The van der Waals surface area contributed by atoms with E-state index in [9.17, 15) is 0 Å². The second-order valence-electron chi connectivity index (χ2n) is 4.61. The van der Waals surface area contributed by atoms with E-state index in [1.54, 1.807) is 7.11 Å². The first-order valence-corrected chi connectivity index (χ1v) is 7.74. The Labute approximate surface area is 133 Å². The highest BCUT2D eigenvalue weighted by molar-refractivity contribution is 9.10. The molecule has 2 aromatic carbocycles. The SMILES string of the molecule is COc1ccc(Br)cc1C[NH2+]CCc1ccc(Cl)cc1. The van der Waals surface area contributed by atoms with Gasteiger partial charge in [0.1, 0.15) is 12.3 Å². The molecule has 20 heavy (non-hydrogen) atoms. The molecule has 2 rings (SSSR count). The third kappa shape index (κ3) is 4.51. The molecule has 0 radical (unpaired) electrons. The molecule has 2 N–H and O–H groups in total. The summed E-state index contributed by atoms with van der Waals surface area (Å²) in [6.07, 6.45) is 1.04. The third-order valence-electron chi connectivity index (χ3n) is 3.16. The van der Waals surface area contributed by atoms with Crippen LogP contribution in [0.15, 0.2) is 46.9 Å². The van der Waals surface area contributed by atoms with E-state index in [4.69, 9.17) is 16.3 Å². The molecule has 0 aliphatic rings. The van der Waals surface area contributed by atoms with Crippen molar-refractivity contribution in [3.8, 4) is 5.75 Å². The Bertz CT molecular complexity index is 557. The summed E-state index contributed by atoms with van der Waals surface area (Å²) in [4.78, 5) is 0. The summed E-state index contributed by atoms with van der Waals surface area (Å²) in [7, 11) is 1.71. The number of hydrogen-bond acceptors (Lipinski definition) is 1. The lowest BCUT2D eigenvalue weighted by molar-refractivity contribution is -0.670. The summed E-state index contributed by atoms with van der Waals surface area (Å²) in [5.74, 6) is 0.941. The number of rotatable bonds is 6. The van der Waals surface area contributed by atoms with Crippen LogP contribution in [0, 0.1) is 0 Å². The van der Waals surface area contributed by atoms with Gasteiger partial charge in [-0.15, -0.1) is 0 Å². The Morgan fingerprint density at radius 2 is 1.90 bits per heavy atom. The molecule has 0 fully saturated rings. The van der Waals surface area contributed by atoms with Crippen molar-refractivity contribution in [1.82, 2.24) is 0 Å². The zero-order chi connectivity index (χ0) is 14.4. The fraction of sp³-hybridized carbons (Fsp3) is 0.250. The van der Waals surface area contributed by atoms with Gasteiger partial charge in [0.25, 0.3) is 0 Å². The molecule has 0 atom stereocenters. The van der Waals surface area contributed by atoms with Gasteiger partial charge in [0.05, 0.1) is 13.7 Å². The molecule has 0 aliphatic carbocycles. The van der Waals surface area contributed by atoms with Crippen molar-refractivity contribution in [2.45, 2.75) is 13.0 Å². The van der Waals surface area contributed by atoms with Crippen molar-refractivity contribution >= 4 is 27.5 Å². The average molecular weight is 356 g/mol. The zero-order valence-corrected chi connectivity index (χ0v) is 13.7. The summed E-state index contributed by atoms with van der Waals surface area (Å²) >= 11 is 9.37. The lowest BCUT2D eigenvalue weighted by Gasteiger charge is -2.08. The van der Waals surface area contributed by atoms with Crippen LogP contribution < -0.4 is 10.1 Å². The minimum atomic E-state index is 0.789. The highest BCUT2D eigenvalue weighted by Gasteiger charge is 2.05. The van der Waals surface area contributed by atoms with Crippen LogP contribution in [-0.2, 0) is 13.0 Å². The minimum Gasteiger partial charge on any atom is -0.496 e. The fourth-order valence-corrected chi connectivity index (χ4v) is 2.62. The van der Waals surface area contributed by atoms with Gasteiger partial charge in [-0.1, -0.05) is 39.7 Å². The van der Waals surface area contributed by atoms with Gasteiger partial charge < -0.3 is 10.1 Å². The fourth-order valence-electron chi connectivity index (χ4n) is 2.08. The second-order valence-corrected chi connectivity index (χ2v) is 5.97. The standard InChI is InChI=1S/C16H17BrClNO/c1-20-16-7-4-14(17)10-13(16)11-19-9-8-12-2-5-15(18)6-3-12/h2-7,10,19H,8-9,11H2,1H3/p+1. The van der Waals surface area contributed by atoms with Crippen molar-refractivity contribution < 1.29 is 10.1 Å². The molecule has 0 saturated heterocycles. The molecule has 0 amide bonds. The smallest absolute Gasteiger partial charge is 0.127 e. The third-order valence-corrected chi connectivity index (χ3v) is 3.90. The predicted molar refractivity (Wildman–Crippen MR) is 86.3 cm³/mol. The number of benzene rings is 2. The molecule has 2 nitrogen and oxygen atoms in total. The van der Waals surface area contributed by atoms with Crippen molar-refractivity contribution in [2.75, 3.05) is 13.7 Å². The Kier molecular flexibility index (Phi) is 5.89. The van der Waals surface area contributed by atoms with E-state index in [1.807, 2.05) is 24.3 Å². The molecule has 0 unspecified atom stereocenters. The Balaban J connectivity index is 1.84. The lowest BCUT2D eigenvalue weighted by Crippen LogP contribution is -2.83. The van der Waals surface area contributed by atoms with E-state index < -0.39 is 0 Å². The Morgan fingerprint density at radius 1 is 1.15 bits per heavy atom. The maximum Gasteiger partial charge on any atom is 0.127 e. The van der Waals surface area contributed by atoms with Gasteiger partial charge in [-0.2, -0.15) is 0 Å². The zero-order valence-electron chi connectivity index (χ0n) is 11.4. The van der Waals surface area contributed by atoms with Gasteiger partial charge in [-0.05, 0) is 35.9 Å². The lowest BCUT2D eigenvalue weighted by atomic mass is 10.1. The van der Waals surface area contributed by atoms with E-state index in [1.165, 1.54) is 11.1 Å². The molecule has 4 heteroatoms. The second kappa shape index (κ2) is 7.67. The number of halogens is 2. The van der Waals surface area contributed by atoms with Crippen molar-refractivity contribution in [1.29, 1.82) is 0 Å². The van der Waals surface area contributed by atoms with E-state index in [0.717, 1.165) is 34.8 Å². The molecule has 2 aromatic rings. The van der Waals surface area contributed by atoms with Gasteiger partial charge in [-0.25, -0.2) is 0 Å². The van der Waals surface area contributed by atoms with Crippen molar-refractivity contribution in [2.24, 2.45) is 0 Å². The molecule has 0 heterocycles. The minimum absolute atomic E-state index is 0.789. The van der Waals surface area contributed by atoms with Gasteiger partial charge in [-0.3, -0.25) is 0 Å². The van der Waals surface area contributed by atoms with Crippen molar-refractivity contribution in [3.63, 3.8) is 0 Å². The monoisotopic (exact) mass is 354 g/mol. The largest absolute Gasteiger partial charge is 0.496 e. The van der Waals surface area contributed by atoms with Crippen LogP contribution in [0.2, 0.25) is 5.02 Å². The predicted octanol–water partition coefficient (Wildman–Crippen LogP) is 3.42. The first-order valence-electron chi connectivity index (χ1n) is 6.57. The molecule has 0 spiro atoms. The Morgan fingerprint density at radius 3 is 2.60 bits per heavy atom. The van der Waals surface area contributed by atoms with Gasteiger partial charge >= 0.3 is 0 Å². The molecule has 0 aromatic heterocycles. The van der Waals surface area contributed by atoms with Gasteiger partial charge in [0.2, 0.25) is 0 Å². The van der Waals surface area contributed by atoms with Crippen LogP contribution in [0.4, 0.5) is 0 Å². The average Bonchev–Trinajstić information content (AvgIpc) is 2.46. The van der Waals surface area contributed by atoms with E-state index >= 15 is 0 Å². The molecular weight excluding hydrogens is 338 g/mol. The van der Waals surface area contributed by atoms with Gasteiger partial charge in [0.15, 0.2) is 0 Å². The van der Waals surface area contributed by atoms with Crippen LogP contribution in [0.5, 0.6) is 5.75 Å². The van der Waals surface area contributed by atoms with Crippen LogP contribution in [0.25, 0.3) is 0 Å². The molecule has 0 bridgehead atoms. The van der Waals surface area contributed by atoms with E-state index in [-0.39, 0.29) is 0 Å². The summed E-state index contributed by atoms with van der Waals surface area (Å²) in [5, 5.41) is 3.08. The van der Waals surface area contributed by atoms with Gasteiger partial charge in [0, 0.05) is 21.5 Å². The number of ether oxygens (including phenoxy) is 1. The quantitative estimate of drug-likeness (QED) is 0.790. The summed E-state index contributed by atoms with van der Waals surface area (Å²) in [6, 6.07) is 14.1. The molecular formula is C16H18BrClNO+. The van der Waals surface area contributed by atoms with Crippen LogP contribution in [-0.4, -0.2) is 13.7 Å². The van der Waals surface area contributed by atoms with Crippen LogP contribution in [0.3, 0.4) is 0 Å². The molecule has 106 valence electrons. The van der Waals surface area contributed by atoms with Crippen LogP contribution >= 0.6 is 27.5 Å². The summed E-state index contributed by atoms with van der Waals surface area (Å²) < 4.78 is 6.46. The summed E-state index contributed by atoms with van der Waals surface area (Å²) in [6.45, 7) is 1.95. The first kappa shape index (κ1) is 15.4. The maximum atomic E-state index is 5.88. The molecule has 0 aliphatic heterocycles. The highest BCUT2D eigenvalue weighted by Crippen LogP contribution is 2.21. The van der Waals surface area contributed by atoms with E-state index in [0.29, 0.717) is 0 Å². The number of nitrogens with two attached hydrogens (primary N) is 1. The normalized spacial score (nSPS) is 10.6. The maximum absolute atomic E-state index is 5.88.